The minimum atomic E-state index is -3.99. The minimum absolute atomic E-state index is 0.148. The van der Waals surface area contributed by atoms with Crippen LogP contribution >= 0.6 is 11.3 Å². The van der Waals surface area contributed by atoms with Crippen molar-refractivity contribution in [2.45, 2.75) is 37.6 Å². The van der Waals surface area contributed by atoms with E-state index in [0.29, 0.717) is 4.96 Å². The van der Waals surface area contributed by atoms with Crippen LogP contribution in [-0.2, 0) is 14.8 Å². The number of aryl methyl sites for hydroxylation is 2. The first-order valence-electron chi connectivity index (χ1n) is 8.94. The fraction of sp³-hybridized carbons (Fsp3) is 0.647. The number of hydrogen-bond donors (Lipinski definition) is 0. The van der Waals surface area contributed by atoms with E-state index in [9.17, 15) is 13.2 Å². The normalized spacial score (nSPS) is 17.2. The molecular formula is C17H26N4O4S2. The molecule has 0 unspecified atom stereocenters. The third-order valence-electron chi connectivity index (χ3n) is 4.95. The SMILES string of the molecule is COCCN(C1CCN(C)CC1)S(=O)(=O)c1c(C)nc2sc(C)cn2c1=O. The molecule has 10 heteroatoms. The predicted molar refractivity (Wildman–Crippen MR) is 105 cm³/mol. The van der Waals surface area contributed by atoms with Crippen molar-refractivity contribution in [3.8, 4) is 0 Å². The van der Waals surface area contributed by atoms with E-state index in [1.807, 2.05) is 14.0 Å². The molecule has 1 fully saturated rings. The predicted octanol–water partition coefficient (Wildman–Crippen LogP) is 1.10. The van der Waals surface area contributed by atoms with E-state index in [2.05, 4.69) is 9.88 Å². The van der Waals surface area contributed by atoms with Crippen molar-refractivity contribution in [3.63, 3.8) is 0 Å². The van der Waals surface area contributed by atoms with Gasteiger partial charge >= 0.3 is 0 Å². The summed E-state index contributed by atoms with van der Waals surface area (Å²) < 4.78 is 35.0. The van der Waals surface area contributed by atoms with E-state index in [1.54, 1.807) is 20.2 Å². The third-order valence-corrected chi connectivity index (χ3v) is 7.93. The van der Waals surface area contributed by atoms with Crippen LogP contribution in [0.4, 0.5) is 0 Å². The average molecular weight is 415 g/mol. The van der Waals surface area contributed by atoms with Crippen LogP contribution in [0.15, 0.2) is 15.9 Å². The van der Waals surface area contributed by atoms with Gasteiger partial charge in [0.2, 0.25) is 0 Å². The Balaban J connectivity index is 2.08. The summed E-state index contributed by atoms with van der Waals surface area (Å²) >= 11 is 1.37. The molecule has 0 saturated carbocycles. The summed E-state index contributed by atoms with van der Waals surface area (Å²) in [6.45, 7) is 5.60. The molecule has 27 heavy (non-hydrogen) atoms. The number of aromatic nitrogens is 2. The van der Waals surface area contributed by atoms with Gasteiger partial charge in [-0.1, -0.05) is 0 Å². The standard InChI is InChI=1S/C17H26N4O4S2/c1-12-11-20-16(22)15(13(2)18-17(20)26-12)27(23,24)21(9-10-25-4)14-5-7-19(3)8-6-14/h11,14H,5-10H2,1-4H3. The molecule has 0 radical (unpaired) electrons. The number of likely N-dealkylation sites (tertiary alicyclic amines) is 1. The number of nitrogens with zero attached hydrogens (tertiary/aromatic N) is 4. The van der Waals surface area contributed by atoms with Gasteiger partial charge < -0.3 is 9.64 Å². The highest BCUT2D eigenvalue weighted by molar-refractivity contribution is 7.89. The zero-order chi connectivity index (χ0) is 19.8. The van der Waals surface area contributed by atoms with E-state index in [0.717, 1.165) is 30.8 Å². The van der Waals surface area contributed by atoms with Gasteiger partial charge in [-0.3, -0.25) is 9.20 Å². The molecule has 150 valence electrons. The highest BCUT2D eigenvalue weighted by Crippen LogP contribution is 2.25. The summed E-state index contributed by atoms with van der Waals surface area (Å²) in [5, 5.41) is 0. The van der Waals surface area contributed by atoms with Crippen LogP contribution in [0.3, 0.4) is 0 Å². The Labute approximate surface area is 163 Å². The van der Waals surface area contributed by atoms with Crippen molar-refractivity contribution in [1.82, 2.24) is 18.6 Å². The smallest absolute Gasteiger partial charge is 0.279 e. The maximum atomic E-state index is 13.5. The van der Waals surface area contributed by atoms with Gasteiger partial charge in [0, 0.05) is 30.8 Å². The molecular weight excluding hydrogens is 388 g/mol. The van der Waals surface area contributed by atoms with Gasteiger partial charge in [0.05, 0.1) is 12.3 Å². The molecule has 1 saturated heterocycles. The Morgan fingerprint density at radius 1 is 1.33 bits per heavy atom. The highest BCUT2D eigenvalue weighted by Gasteiger charge is 2.36. The fourth-order valence-electron chi connectivity index (χ4n) is 3.51. The number of hydrogen-bond acceptors (Lipinski definition) is 7. The van der Waals surface area contributed by atoms with E-state index in [4.69, 9.17) is 4.74 Å². The van der Waals surface area contributed by atoms with E-state index >= 15 is 0 Å². The van der Waals surface area contributed by atoms with Crippen LogP contribution in [0.5, 0.6) is 0 Å². The van der Waals surface area contributed by atoms with E-state index < -0.39 is 15.6 Å². The first kappa shape index (κ1) is 20.4. The summed E-state index contributed by atoms with van der Waals surface area (Å²) in [5.41, 5.74) is -0.283. The number of fused-ring (bicyclic) bond motifs is 1. The molecule has 0 aliphatic carbocycles. The molecule has 1 aliphatic heterocycles. The van der Waals surface area contributed by atoms with E-state index in [1.165, 1.54) is 20.0 Å². The largest absolute Gasteiger partial charge is 0.383 e. The average Bonchev–Trinajstić information content (AvgIpc) is 2.97. The number of ether oxygens (including phenoxy) is 1. The number of sulfonamides is 1. The zero-order valence-electron chi connectivity index (χ0n) is 16.1. The highest BCUT2D eigenvalue weighted by atomic mass is 32.2. The van der Waals surface area contributed by atoms with Crippen molar-refractivity contribution < 1.29 is 13.2 Å². The first-order valence-corrected chi connectivity index (χ1v) is 11.2. The molecule has 0 spiro atoms. The quantitative estimate of drug-likeness (QED) is 0.704. The Bertz CT molecular complexity index is 975. The molecule has 2 aromatic rings. The van der Waals surface area contributed by atoms with Crippen molar-refractivity contribution in [3.05, 3.63) is 27.1 Å². The van der Waals surface area contributed by atoms with Gasteiger partial charge in [0.15, 0.2) is 9.86 Å². The Morgan fingerprint density at radius 2 is 2.00 bits per heavy atom. The van der Waals surface area contributed by atoms with Crippen molar-refractivity contribution >= 4 is 26.3 Å². The molecule has 0 atom stereocenters. The molecule has 3 rings (SSSR count). The molecule has 3 heterocycles. The Hall–Kier alpha value is -1.33. The summed E-state index contributed by atoms with van der Waals surface area (Å²) in [7, 11) is -0.422. The minimum Gasteiger partial charge on any atom is -0.383 e. The van der Waals surface area contributed by atoms with Gasteiger partial charge in [-0.05, 0) is 46.8 Å². The number of thiazole rings is 1. The van der Waals surface area contributed by atoms with Crippen LogP contribution in [-0.4, -0.2) is 73.4 Å². The van der Waals surface area contributed by atoms with Gasteiger partial charge in [-0.15, -0.1) is 11.3 Å². The summed E-state index contributed by atoms with van der Waals surface area (Å²) in [6, 6.07) is -0.148. The molecule has 1 aliphatic rings. The van der Waals surface area contributed by atoms with Crippen molar-refractivity contribution in [2.75, 3.05) is 40.4 Å². The molecule has 0 amide bonds. The topological polar surface area (TPSA) is 84.2 Å². The van der Waals surface area contributed by atoms with Crippen LogP contribution in [0.2, 0.25) is 0 Å². The molecule has 0 N–H and O–H groups in total. The van der Waals surface area contributed by atoms with Crippen molar-refractivity contribution in [1.29, 1.82) is 0 Å². The lowest BCUT2D eigenvalue weighted by Crippen LogP contribution is -2.49. The number of rotatable bonds is 6. The van der Waals surface area contributed by atoms with Crippen LogP contribution in [0.1, 0.15) is 23.4 Å². The zero-order valence-corrected chi connectivity index (χ0v) is 17.8. The summed E-state index contributed by atoms with van der Waals surface area (Å²) in [6.07, 6.45) is 3.10. The Kier molecular flexibility index (Phi) is 6.02. The number of methoxy groups -OCH3 is 1. The first-order chi connectivity index (χ1) is 12.8. The second kappa shape index (κ2) is 7.96. The third kappa shape index (κ3) is 3.95. The molecule has 2 aromatic heterocycles. The number of piperidine rings is 1. The van der Waals surface area contributed by atoms with Gasteiger partial charge in [-0.2, -0.15) is 4.31 Å². The Morgan fingerprint density at radius 3 is 2.63 bits per heavy atom. The van der Waals surface area contributed by atoms with Crippen LogP contribution in [0, 0.1) is 13.8 Å². The van der Waals surface area contributed by atoms with Crippen LogP contribution in [0.25, 0.3) is 4.96 Å². The maximum Gasteiger partial charge on any atom is 0.279 e. The van der Waals surface area contributed by atoms with Crippen LogP contribution < -0.4 is 5.56 Å². The summed E-state index contributed by atoms with van der Waals surface area (Å²) in [5.74, 6) is 0. The van der Waals surface area contributed by atoms with Gasteiger partial charge in [-0.25, -0.2) is 13.4 Å². The van der Waals surface area contributed by atoms with E-state index in [-0.39, 0.29) is 29.8 Å². The maximum absolute atomic E-state index is 13.5. The second-order valence-electron chi connectivity index (χ2n) is 6.97. The van der Waals surface area contributed by atoms with Gasteiger partial charge in [0.25, 0.3) is 15.6 Å². The molecule has 0 bridgehead atoms. The second-order valence-corrected chi connectivity index (χ2v) is 10.0. The molecule has 8 nitrogen and oxygen atoms in total. The van der Waals surface area contributed by atoms with Gasteiger partial charge in [0.1, 0.15) is 0 Å². The van der Waals surface area contributed by atoms with Crippen molar-refractivity contribution in [2.24, 2.45) is 0 Å². The molecule has 0 aromatic carbocycles. The fourth-order valence-corrected chi connectivity index (χ4v) is 6.27. The lowest BCUT2D eigenvalue weighted by molar-refractivity contribution is 0.137. The lowest BCUT2D eigenvalue weighted by Gasteiger charge is -2.36. The lowest BCUT2D eigenvalue weighted by atomic mass is 10.1. The monoisotopic (exact) mass is 414 g/mol. The summed E-state index contributed by atoms with van der Waals surface area (Å²) in [4.78, 5) is 20.8.